The average Bonchev–Trinajstić information content (AvgIpc) is 3.95. The summed E-state index contributed by atoms with van der Waals surface area (Å²) >= 11 is 0. The number of hydrogen-bond donors (Lipinski definition) is 2. The van der Waals surface area contributed by atoms with Gasteiger partial charge in [0.1, 0.15) is 17.1 Å². The molecule has 2 aliphatic carbocycles. The highest BCUT2D eigenvalue weighted by Gasteiger charge is 2.28. The van der Waals surface area contributed by atoms with Crippen LogP contribution in [0.5, 0.6) is 11.5 Å². The average molecular weight is 865 g/mol. The molecule has 0 bridgehead atoms. The molecule has 0 saturated carbocycles. The normalized spacial score (nSPS) is 15.3. The highest BCUT2D eigenvalue weighted by Crippen LogP contribution is 2.39. The minimum atomic E-state index is -0.559. The number of amides is 1. The van der Waals surface area contributed by atoms with Crippen molar-refractivity contribution in [1.29, 1.82) is 0 Å². The summed E-state index contributed by atoms with van der Waals surface area (Å²) in [6.45, 7) is 28.1. The molecule has 332 valence electrons. The number of aromatic nitrogens is 4. The number of fused-ring (bicyclic) bond motifs is 2. The summed E-state index contributed by atoms with van der Waals surface area (Å²) in [6.07, 6.45) is 5.16. The number of benzene rings is 4. The molecule has 0 radical (unpaired) electrons. The largest absolute Gasteiger partial charge is 0.502 e. The summed E-state index contributed by atoms with van der Waals surface area (Å²) in [5.41, 5.74) is 14.2. The maximum absolute atomic E-state index is 12.4. The molecule has 2 aliphatic rings. The molecule has 14 heteroatoms. The summed E-state index contributed by atoms with van der Waals surface area (Å²) in [7, 11) is 0. The molecule has 0 saturated heterocycles. The lowest BCUT2D eigenvalue weighted by Crippen LogP contribution is -2.36. The molecule has 0 spiro atoms. The predicted octanol–water partition coefficient (Wildman–Crippen LogP) is 12.4. The van der Waals surface area contributed by atoms with E-state index in [4.69, 9.17) is 42.1 Å². The number of nitrogens with two attached hydrogens (primary N) is 1. The third-order valence-corrected chi connectivity index (χ3v) is 10.5. The number of hydrogen-bond acceptors (Lipinski definition) is 11. The van der Waals surface area contributed by atoms with Crippen LogP contribution in [0, 0.1) is 13.1 Å². The van der Waals surface area contributed by atoms with E-state index in [1.807, 2.05) is 90.9 Å². The number of ether oxygens (including phenoxy) is 3. The lowest BCUT2D eigenvalue weighted by Gasteiger charge is -2.29. The molecule has 64 heavy (non-hydrogen) atoms. The number of alkyl carbamates (subject to hydrolysis) is 1. The molecule has 0 fully saturated rings. The van der Waals surface area contributed by atoms with Gasteiger partial charge in [-0.2, -0.15) is 9.97 Å². The van der Waals surface area contributed by atoms with Crippen molar-refractivity contribution in [2.45, 2.75) is 124 Å². The Morgan fingerprint density at radius 3 is 1.72 bits per heavy atom. The van der Waals surface area contributed by atoms with E-state index < -0.39 is 11.7 Å². The Hall–Kier alpha value is -7.03. The van der Waals surface area contributed by atoms with Gasteiger partial charge in [-0.1, -0.05) is 54.1 Å². The van der Waals surface area contributed by atoms with Gasteiger partial charge in [-0.3, -0.25) is 0 Å². The molecule has 0 unspecified atom stereocenters. The van der Waals surface area contributed by atoms with Gasteiger partial charge in [0.15, 0.2) is 0 Å². The predicted molar refractivity (Wildman–Crippen MR) is 246 cm³/mol. The standard InChI is InChI=1S/C27H30N4O4.C22H22N4O2.CH4/c1-16(2)33-23-14-13-17(15-22(23)28-6)25-30-24(31-35-25)20-11-7-10-19-18(20)9-8-12-21(19)29-26(32)34-27(3,4)5;1-13(2)27-20-11-10-14(12-19(20)24-3)22-25-21(26-28-22)17-8-4-7-16-15(17)6-5-9-18(16)23;/h7,10-11,13-16,21H,8-9,12H2,1-5H3,(H,29,32);4,7-8,10-13,18H,5-6,9,23H2,1-2H3;1H4/t21-;18-;/m00./s1. The smallest absolute Gasteiger partial charge is 0.408 e. The van der Waals surface area contributed by atoms with Crippen molar-refractivity contribution < 1.29 is 28.1 Å². The van der Waals surface area contributed by atoms with Gasteiger partial charge in [-0.15, -0.1) is 0 Å². The summed E-state index contributed by atoms with van der Waals surface area (Å²) in [5, 5.41) is 11.4. The van der Waals surface area contributed by atoms with Crippen LogP contribution in [0.1, 0.15) is 116 Å². The van der Waals surface area contributed by atoms with Crippen molar-refractivity contribution in [3.05, 3.63) is 118 Å². The fraction of sp³-hybridized carbons (Fsp3) is 0.380. The van der Waals surface area contributed by atoms with Crippen molar-refractivity contribution in [2.24, 2.45) is 5.73 Å². The number of carbonyl (C=O) groups excluding carboxylic acids is 1. The van der Waals surface area contributed by atoms with E-state index in [0.29, 0.717) is 57.4 Å². The van der Waals surface area contributed by atoms with Crippen LogP contribution in [-0.4, -0.2) is 44.2 Å². The van der Waals surface area contributed by atoms with E-state index >= 15 is 0 Å². The molecule has 2 heterocycles. The maximum Gasteiger partial charge on any atom is 0.408 e. The van der Waals surface area contributed by atoms with Crippen molar-refractivity contribution in [2.75, 3.05) is 0 Å². The minimum Gasteiger partial charge on any atom is -0.502 e. The topological polar surface area (TPSA) is 169 Å². The van der Waals surface area contributed by atoms with Crippen LogP contribution in [0.3, 0.4) is 0 Å². The number of carbonyl (C=O) groups is 1. The monoisotopic (exact) mass is 864 g/mol. The van der Waals surface area contributed by atoms with E-state index in [-0.39, 0.29) is 31.7 Å². The Balaban J connectivity index is 0.000000214. The molecule has 14 nitrogen and oxygen atoms in total. The van der Waals surface area contributed by atoms with E-state index in [9.17, 15) is 4.79 Å². The molecule has 8 rings (SSSR count). The Kier molecular flexibility index (Phi) is 14.5. The third kappa shape index (κ3) is 10.8. The number of nitrogens with zero attached hydrogens (tertiary/aromatic N) is 6. The summed E-state index contributed by atoms with van der Waals surface area (Å²) in [4.78, 5) is 28.7. The van der Waals surface area contributed by atoms with E-state index in [2.05, 4.69) is 41.4 Å². The van der Waals surface area contributed by atoms with Crippen LogP contribution in [0.25, 0.3) is 55.4 Å². The van der Waals surface area contributed by atoms with Crippen molar-refractivity contribution in [3.8, 4) is 57.2 Å². The first-order valence-corrected chi connectivity index (χ1v) is 21.2. The quantitative estimate of drug-likeness (QED) is 0.133. The summed E-state index contributed by atoms with van der Waals surface area (Å²) in [5.74, 6) is 2.82. The fourth-order valence-electron chi connectivity index (χ4n) is 7.84. The second-order valence-electron chi connectivity index (χ2n) is 17.1. The second-order valence-corrected chi connectivity index (χ2v) is 17.1. The molecular formula is C50H56N8O6. The number of nitrogens with one attached hydrogen (secondary N) is 1. The zero-order valence-electron chi connectivity index (χ0n) is 36.7. The maximum atomic E-state index is 12.4. The van der Waals surface area contributed by atoms with E-state index in [1.54, 1.807) is 24.3 Å². The van der Waals surface area contributed by atoms with Gasteiger partial charge in [0.25, 0.3) is 11.8 Å². The van der Waals surface area contributed by atoms with Gasteiger partial charge in [0.05, 0.1) is 31.4 Å². The van der Waals surface area contributed by atoms with Crippen LogP contribution < -0.4 is 20.5 Å². The van der Waals surface area contributed by atoms with Gasteiger partial charge in [0, 0.05) is 28.3 Å². The molecule has 2 atom stereocenters. The second kappa shape index (κ2) is 20.0. The Morgan fingerprint density at radius 1 is 0.750 bits per heavy atom. The molecular weight excluding hydrogens is 809 g/mol. The summed E-state index contributed by atoms with van der Waals surface area (Å²) in [6, 6.07) is 22.5. The molecule has 0 aliphatic heterocycles. The SMILES string of the molecule is C.[C-]#[N+]c1cc(-c2nc(-c3cccc4c3CCC[C@@H]4N)no2)ccc1OC(C)C.[C-]#[N+]c1cc(-c2nc(-c3cccc4c3CCC[C@@H]4NC(=O)OC(C)(C)C)no2)ccc1OC(C)C. The lowest BCUT2D eigenvalue weighted by molar-refractivity contribution is 0.0498. The van der Waals surface area contributed by atoms with E-state index in [1.165, 1.54) is 11.1 Å². The summed E-state index contributed by atoms with van der Waals surface area (Å²) < 4.78 is 27.9. The minimum absolute atomic E-state index is 0. The van der Waals surface area contributed by atoms with Gasteiger partial charge in [-0.25, -0.2) is 14.5 Å². The zero-order valence-corrected chi connectivity index (χ0v) is 36.7. The van der Waals surface area contributed by atoms with Crippen LogP contribution in [0.4, 0.5) is 16.2 Å². The molecule has 1 amide bonds. The van der Waals surface area contributed by atoms with Crippen LogP contribution in [0.2, 0.25) is 0 Å². The van der Waals surface area contributed by atoms with Gasteiger partial charge < -0.3 is 34.3 Å². The molecule has 6 aromatic rings. The molecule has 3 N–H and O–H groups in total. The third-order valence-electron chi connectivity index (χ3n) is 10.5. The van der Waals surface area contributed by atoms with Crippen molar-refractivity contribution in [3.63, 3.8) is 0 Å². The number of rotatable bonds is 9. The van der Waals surface area contributed by atoms with E-state index in [0.717, 1.165) is 60.8 Å². The van der Waals surface area contributed by atoms with Crippen molar-refractivity contribution >= 4 is 17.5 Å². The first kappa shape index (κ1) is 46.5. The Morgan fingerprint density at radius 2 is 1.23 bits per heavy atom. The highest BCUT2D eigenvalue weighted by atomic mass is 16.6. The first-order chi connectivity index (χ1) is 30.2. The van der Waals surface area contributed by atoms with Crippen molar-refractivity contribution in [1.82, 2.24) is 25.6 Å². The fourth-order valence-corrected chi connectivity index (χ4v) is 7.84. The zero-order chi connectivity index (χ0) is 44.8. The van der Waals surface area contributed by atoms with Crippen LogP contribution >= 0.6 is 0 Å². The van der Waals surface area contributed by atoms with Crippen LogP contribution in [0.15, 0.2) is 81.8 Å². The Bertz CT molecular complexity index is 2680. The van der Waals surface area contributed by atoms with Gasteiger partial charge in [-0.05, 0) is 146 Å². The van der Waals surface area contributed by atoms with Gasteiger partial charge >= 0.3 is 6.09 Å². The van der Waals surface area contributed by atoms with Crippen LogP contribution in [-0.2, 0) is 17.6 Å². The molecule has 4 aromatic carbocycles. The highest BCUT2D eigenvalue weighted by molar-refractivity contribution is 5.73. The van der Waals surface area contributed by atoms with Gasteiger partial charge in [0.2, 0.25) is 23.0 Å². The molecule has 2 aromatic heterocycles. The Labute approximate surface area is 375 Å². The first-order valence-electron chi connectivity index (χ1n) is 21.2. The lowest BCUT2D eigenvalue weighted by atomic mass is 9.84.